The summed E-state index contributed by atoms with van der Waals surface area (Å²) in [6.45, 7) is 0.419. The Morgan fingerprint density at radius 2 is 2.00 bits per heavy atom. The summed E-state index contributed by atoms with van der Waals surface area (Å²) in [4.78, 5) is 39.0. The number of imide groups is 1. The maximum absolute atomic E-state index is 12.5. The second kappa shape index (κ2) is 4.87. The number of amides is 3. The summed E-state index contributed by atoms with van der Waals surface area (Å²) in [5, 5.41) is 3.04. The largest absolute Gasteiger partial charge is 0.388 e. The van der Waals surface area contributed by atoms with Gasteiger partial charge < -0.3 is 10.2 Å². The summed E-state index contributed by atoms with van der Waals surface area (Å²) in [5.41, 5.74) is 2.49. The zero-order valence-corrected chi connectivity index (χ0v) is 12.0. The fourth-order valence-corrected chi connectivity index (χ4v) is 2.94. The number of piperidine rings is 1. The molecule has 0 aliphatic carbocycles. The second-order valence-electron chi connectivity index (χ2n) is 5.40. The molecule has 21 heavy (non-hydrogen) atoms. The Morgan fingerprint density at radius 1 is 1.24 bits per heavy atom. The Kier molecular flexibility index (Phi) is 3.16. The third-order valence-corrected chi connectivity index (χ3v) is 4.22. The monoisotopic (exact) mass is 287 g/mol. The maximum atomic E-state index is 12.5. The summed E-state index contributed by atoms with van der Waals surface area (Å²) >= 11 is 0. The number of hydrogen-bond donors (Lipinski definition) is 1. The summed E-state index contributed by atoms with van der Waals surface area (Å²) in [5.74, 6) is -0.604. The van der Waals surface area contributed by atoms with E-state index >= 15 is 0 Å². The van der Waals surface area contributed by atoms with Crippen molar-refractivity contribution in [3.8, 4) is 0 Å². The van der Waals surface area contributed by atoms with Crippen molar-refractivity contribution in [3.05, 3.63) is 29.3 Å². The lowest BCUT2D eigenvalue weighted by molar-refractivity contribution is -0.150. The topological polar surface area (TPSA) is 69.7 Å². The molecule has 1 aromatic carbocycles. The molecule has 1 N–H and O–H groups in total. The van der Waals surface area contributed by atoms with Crippen LogP contribution in [0.5, 0.6) is 0 Å². The van der Waals surface area contributed by atoms with Gasteiger partial charge in [-0.05, 0) is 30.2 Å². The fraction of sp³-hybridized carbons (Fsp3) is 0.400. The molecule has 6 nitrogen and oxygen atoms in total. The number of hydrogen-bond acceptors (Lipinski definition) is 4. The summed E-state index contributed by atoms with van der Waals surface area (Å²) < 4.78 is 0. The van der Waals surface area contributed by atoms with Crippen molar-refractivity contribution in [3.63, 3.8) is 0 Å². The molecule has 1 unspecified atom stereocenters. The number of anilines is 1. The number of nitrogens with zero attached hydrogens (tertiary/aromatic N) is 2. The summed E-state index contributed by atoms with van der Waals surface area (Å²) in [6, 6.07) is 5.02. The van der Waals surface area contributed by atoms with Gasteiger partial charge >= 0.3 is 0 Å². The highest BCUT2D eigenvalue weighted by Crippen LogP contribution is 2.30. The van der Waals surface area contributed by atoms with Crippen LogP contribution in [-0.4, -0.2) is 47.7 Å². The molecule has 2 heterocycles. The molecule has 110 valence electrons. The third-order valence-electron chi connectivity index (χ3n) is 4.22. The van der Waals surface area contributed by atoms with Crippen LogP contribution >= 0.6 is 0 Å². The van der Waals surface area contributed by atoms with Gasteiger partial charge in [-0.25, -0.2) is 0 Å². The van der Waals surface area contributed by atoms with E-state index in [1.54, 1.807) is 11.0 Å². The molecule has 0 radical (unpaired) electrons. The predicted octanol–water partition coefficient (Wildman–Crippen LogP) is 0.831. The Hall–Kier alpha value is -2.37. The van der Waals surface area contributed by atoms with Gasteiger partial charge in [0.25, 0.3) is 11.8 Å². The van der Waals surface area contributed by atoms with Crippen LogP contribution in [0.4, 0.5) is 5.69 Å². The van der Waals surface area contributed by atoms with E-state index in [9.17, 15) is 14.4 Å². The number of carbonyl (C=O) groups is 3. The molecule has 3 amide bonds. The van der Waals surface area contributed by atoms with Gasteiger partial charge in [0.2, 0.25) is 5.91 Å². The van der Waals surface area contributed by atoms with Crippen LogP contribution in [0.25, 0.3) is 0 Å². The lowest BCUT2D eigenvalue weighted by Gasteiger charge is -2.33. The van der Waals surface area contributed by atoms with Gasteiger partial charge in [0.15, 0.2) is 0 Å². The summed E-state index contributed by atoms with van der Waals surface area (Å²) in [7, 11) is 3.30. The van der Waals surface area contributed by atoms with E-state index in [-0.39, 0.29) is 17.7 Å². The Labute approximate surface area is 122 Å². The first-order valence-electron chi connectivity index (χ1n) is 6.95. The van der Waals surface area contributed by atoms with Gasteiger partial charge in [-0.2, -0.15) is 0 Å². The standard InChI is InChI=1S/C15H17N3O3/c1-16-10-3-4-11-9(7-10)8-18(14(11)20)12-5-6-13(19)17(2)15(12)21/h3-4,7,12,16H,5-6,8H2,1-2H3. The van der Waals surface area contributed by atoms with Crippen molar-refractivity contribution in [2.24, 2.45) is 0 Å². The second-order valence-corrected chi connectivity index (χ2v) is 5.40. The number of benzene rings is 1. The molecule has 2 aliphatic heterocycles. The molecule has 1 fully saturated rings. The molecule has 1 atom stereocenters. The molecule has 2 aliphatic rings. The fourth-order valence-electron chi connectivity index (χ4n) is 2.94. The van der Waals surface area contributed by atoms with Crippen LogP contribution in [0, 0.1) is 0 Å². The predicted molar refractivity (Wildman–Crippen MR) is 76.7 cm³/mol. The average molecular weight is 287 g/mol. The molecule has 0 spiro atoms. The van der Waals surface area contributed by atoms with Crippen molar-refractivity contribution >= 4 is 23.4 Å². The van der Waals surface area contributed by atoms with Crippen molar-refractivity contribution in [1.29, 1.82) is 0 Å². The molecule has 1 saturated heterocycles. The van der Waals surface area contributed by atoms with Crippen LogP contribution in [-0.2, 0) is 16.1 Å². The first-order valence-corrected chi connectivity index (χ1v) is 6.95. The lowest BCUT2D eigenvalue weighted by atomic mass is 10.0. The van der Waals surface area contributed by atoms with Crippen molar-refractivity contribution in [2.45, 2.75) is 25.4 Å². The Bertz CT molecular complexity index is 641. The third kappa shape index (κ3) is 2.07. The van der Waals surface area contributed by atoms with E-state index in [0.29, 0.717) is 24.9 Å². The van der Waals surface area contributed by atoms with Gasteiger partial charge in [-0.15, -0.1) is 0 Å². The highest BCUT2D eigenvalue weighted by molar-refractivity contribution is 6.05. The van der Waals surface area contributed by atoms with E-state index in [4.69, 9.17) is 0 Å². The summed E-state index contributed by atoms with van der Waals surface area (Å²) in [6.07, 6.45) is 0.704. The molecule has 1 aromatic rings. The minimum absolute atomic E-state index is 0.131. The Morgan fingerprint density at radius 3 is 2.71 bits per heavy atom. The minimum atomic E-state index is -0.536. The molecule has 0 saturated carbocycles. The minimum Gasteiger partial charge on any atom is -0.388 e. The highest BCUT2D eigenvalue weighted by atomic mass is 16.2. The van der Waals surface area contributed by atoms with Crippen molar-refractivity contribution in [1.82, 2.24) is 9.80 Å². The molecule has 0 aromatic heterocycles. The van der Waals surface area contributed by atoms with Gasteiger partial charge in [0.1, 0.15) is 6.04 Å². The van der Waals surface area contributed by atoms with Gasteiger partial charge in [0, 0.05) is 38.3 Å². The Balaban J connectivity index is 1.87. The van der Waals surface area contributed by atoms with Gasteiger partial charge in [0.05, 0.1) is 0 Å². The lowest BCUT2D eigenvalue weighted by Crippen LogP contribution is -2.53. The zero-order chi connectivity index (χ0) is 15.1. The van der Waals surface area contributed by atoms with E-state index < -0.39 is 6.04 Å². The number of fused-ring (bicyclic) bond motifs is 1. The molecule has 6 heteroatoms. The number of nitrogens with one attached hydrogen (secondary N) is 1. The van der Waals surface area contributed by atoms with E-state index in [0.717, 1.165) is 16.2 Å². The first-order chi connectivity index (χ1) is 10.0. The molecule has 3 rings (SSSR count). The highest BCUT2D eigenvalue weighted by Gasteiger charge is 2.41. The van der Waals surface area contributed by atoms with E-state index in [2.05, 4.69) is 5.32 Å². The molecule has 0 bridgehead atoms. The van der Waals surface area contributed by atoms with Gasteiger partial charge in [-0.1, -0.05) is 0 Å². The maximum Gasteiger partial charge on any atom is 0.255 e. The molecular weight excluding hydrogens is 270 g/mol. The molecular formula is C15H17N3O3. The van der Waals surface area contributed by atoms with Crippen LogP contribution in [0.3, 0.4) is 0 Å². The number of likely N-dealkylation sites (tertiary alicyclic amines) is 1. The first kappa shape index (κ1) is 13.6. The van der Waals surface area contributed by atoms with Gasteiger partial charge in [-0.3, -0.25) is 19.3 Å². The van der Waals surface area contributed by atoms with Crippen LogP contribution in [0.1, 0.15) is 28.8 Å². The van der Waals surface area contributed by atoms with Crippen molar-refractivity contribution < 1.29 is 14.4 Å². The smallest absolute Gasteiger partial charge is 0.255 e. The van der Waals surface area contributed by atoms with Crippen LogP contribution < -0.4 is 5.32 Å². The van der Waals surface area contributed by atoms with E-state index in [1.807, 2.05) is 19.2 Å². The number of rotatable bonds is 2. The average Bonchev–Trinajstić information content (AvgIpc) is 2.81. The zero-order valence-electron chi connectivity index (χ0n) is 12.0. The van der Waals surface area contributed by atoms with Crippen LogP contribution in [0.15, 0.2) is 18.2 Å². The number of carbonyl (C=O) groups excluding carboxylic acids is 3. The normalized spacial score (nSPS) is 21.8. The number of likely N-dealkylation sites (N-methyl/N-ethyl adjacent to an activating group) is 1. The van der Waals surface area contributed by atoms with Crippen LogP contribution in [0.2, 0.25) is 0 Å². The SMILES string of the molecule is CNc1ccc2c(c1)CN(C1CCC(=O)N(C)C1=O)C2=O. The van der Waals surface area contributed by atoms with Crippen molar-refractivity contribution in [2.75, 3.05) is 19.4 Å². The quantitative estimate of drug-likeness (QED) is 0.818. The van der Waals surface area contributed by atoms with E-state index in [1.165, 1.54) is 7.05 Å².